The number of nitrogens with one attached hydrogen (secondary N) is 1. The van der Waals surface area contributed by atoms with Crippen molar-refractivity contribution in [2.45, 2.75) is 20.4 Å². The third-order valence-corrected chi connectivity index (χ3v) is 2.93. The standard InChI is InChI=1S/C14H17N3O2/c1-11-12(2)17(10-15-11)8-9-19-14(18)16-13-6-4-3-5-7-13/h3-7,10H,8-9H2,1-2H3,(H,16,18). The maximum absolute atomic E-state index is 11.5. The Kier molecular flexibility index (Phi) is 4.18. The van der Waals surface area contributed by atoms with Crippen LogP contribution in [-0.4, -0.2) is 22.3 Å². The topological polar surface area (TPSA) is 56.2 Å². The molecule has 1 N–H and O–H groups in total. The van der Waals surface area contributed by atoms with E-state index < -0.39 is 6.09 Å². The molecule has 1 heterocycles. The number of aromatic nitrogens is 2. The second-order valence-electron chi connectivity index (χ2n) is 4.24. The molecular formula is C14H17N3O2. The Morgan fingerprint density at radius 3 is 2.68 bits per heavy atom. The average Bonchev–Trinajstić information content (AvgIpc) is 2.72. The summed E-state index contributed by atoms with van der Waals surface area (Å²) >= 11 is 0. The summed E-state index contributed by atoms with van der Waals surface area (Å²) in [6.07, 6.45) is 1.31. The van der Waals surface area contributed by atoms with Crippen molar-refractivity contribution in [1.29, 1.82) is 0 Å². The van der Waals surface area contributed by atoms with Crippen LogP contribution in [0.15, 0.2) is 36.7 Å². The first kappa shape index (κ1) is 13.1. The summed E-state index contributed by atoms with van der Waals surface area (Å²) in [7, 11) is 0. The van der Waals surface area contributed by atoms with Gasteiger partial charge < -0.3 is 9.30 Å². The van der Waals surface area contributed by atoms with Gasteiger partial charge in [0.15, 0.2) is 0 Å². The number of hydrogen-bond donors (Lipinski definition) is 1. The molecule has 0 fully saturated rings. The van der Waals surface area contributed by atoms with Gasteiger partial charge in [-0.2, -0.15) is 0 Å². The Bertz CT molecular complexity index is 549. The van der Waals surface area contributed by atoms with Crippen molar-refractivity contribution in [1.82, 2.24) is 9.55 Å². The number of imidazole rings is 1. The molecule has 2 aromatic rings. The maximum atomic E-state index is 11.5. The van der Waals surface area contributed by atoms with Crippen LogP contribution in [-0.2, 0) is 11.3 Å². The number of benzene rings is 1. The van der Waals surface area contributed by atoms with Crippen LogP contribution in [0.25, 0.3) is 0 Å². The molecule has 0 aliphatic heterocycles. The number of carbonyl (C=O) groups excluding carboxylic acids is 1. The van der Waals surface area contributed by atoms with Crippen molar-refractivity contribution in [3.8, 4) is 0 Å². The third kappa shape index (κ3) is 3.58. The largest absolute Gasteiger partial charge is 0.447 e. The molecule has 0 saturated carbocycles. The highest BCUT2D eigenvalue weighted by Gasteiger charge is 2.05. The van der Waals surface area contributed by atoms with Gasteiger partial charge in [0.1, 0.15) is 6.61 Å². The number of carbonyl (C=O) groups is 1. The molecule has 2 rings (SSSR count). The fraction of sp³-hybridized carbons (Fsp3) is 0.286. The van der Waals surface area contributed by atoms with Crippen molar-refractivity contribution in [3.63, 3.8) is 0 Å². The second-order valence-corrected chi connectivity index (χ2v) is 4.24. The molecule has 0 spiro atoms. The van der Waals surface area contributed by atoms with Crippen LogP contribution in [0.1, 0.15) is 11.4 Å². The highest BCUT2D eigenvalue weighted by Crippen LogP contribution is 2.06. The summed E-state index contributed by atoms with van der Waals surface area (Å²) in [5, 5.41) is 2.66. The molecule has 1 aromatic heterocycles. The van der Waals surface area contributed by atoms with Crippen LogP contribution in [0, 0.1) is 13.8 Å². The fourth-order valence-corrected chi connectivity index (χ4v) is 1.68. The molecule has 0 aliphatic rings. The van der Waals surface area contributed by atoms with E-state index in [9.17, 15) is 4.79 Å². The molecule has 0 radical (unpaired) electrons. The van der Waals surface area contributed by atoms with Gasteiger partial charge in [-0.25, -0.2) is 9.78 Å². The molecule has 1 aromatic carbocycles. The highest BCUT2D eigenvalue weighted by molar-refractivity contribution is 5.84. The fourth-order valence-electron chi connectivity index (χ4n) is 1.68. The number of ether oxygens (including phenoxy) is 1. The van der Waals surface area contributed by atoms with Gasteiger partial charge in [0.25, 0.3) is 0 Å². The van der Waals surface area contributed by atoms with Gasteiger partial charge in [0, 0.05) is 11.4 Å². The van der Waals surface area contributed by atoms with Crippen LogP contribution < -0.4 is 5.32 Å². The van der Waals surface area contributed by atoms with E-state index in [1.54, 1.807) is 6.33 Å². The highest BCUT2D eigenvalue weighted by atomic mass is 16.5. The number of nitrogens with zero attached hydrogens (tertiary/aromatic N) is 2. The van der Waals surface area contributed by atoms with Crippen LogP contribution in [0.5, 0.6) is 0 Å². The van der Waals surface area contributed by atoms with Gasteiger partial charge in [0.2, 0.25) is 0 Å². The van der Waals surface area contributed by atoms with Crippen LogP contribution in [0.2, 0.25) is 0 Å². The SMILES string of the molecule is Cc1ncn(CCOC(=O)Nc2ccccc2)c1C. The average molecular weight is 259 g/mol. The minimum atomic E-state index is -0.444. The lowest BCUT2D eigenvalue weighted by Crippen LogP contribution is -2.17. The van der Waals surface area contributed by atoms with Crippen molar-refractivity contribution >= 4 is 11.8 Å². The van der Waals surface area contributed by atoms with Crippen LogP contribution in [0.3, 0.4) is 0 Å². The normalized spacial score (nSPS) is 10.2. The molecule has 100 valence electrons. The van der Waals surface area contributed by atoms with Crippen molar-refractivity contribution in [2.24, 2.45) is 0 Å². The van der Waals surface area contributed by atoms with E-state index in [-0.39, 0.29) is 0 Å². The van der Waals surface area contributed by atoms with E-state index in [0.717, 1.165) is 17.1 Å². The van der Waals surface area contributed by atoms with Gasteiger partial charge in [-0.05, 0) is 26.0 Å². The maximum Gasteiger partial charge on any atom is 0.411 e. The first-order valence-corrected chi connectivity index (χ1v) is 6.14. The van der Waals surface area contributed by atoms with Gasteiger partial charge >= 0.3 is 6.09 Å². The number of anilines is 1. The molecule has 5 nitrogen and oxygen atoms in total. The van der Waals surface area contributed by atoms with Crippen molar-refractivity contribution in [2.75, 3.05) is 11.9 Å². The summed E-state index contributed by atoms with van der Waals surface area (Å²) in [4.78, 5) is 15.7. The van der Waals surface area contributed by atoms with Gasteiger partial charge in [-0.3, -0.25) is 5.32 Å². The first-order valence-electron chi connectivity index (χ1n) is 6.14. The van der Waals surface area contributed by atoms with Gasteiger partial charge in [-0.1, -0.05) is 18.2 Å². The van der Waals surface area contributed by atoms with Crippen LogP contribution in [0.4, 0.5) is 10.5 Å². The lowest BCUT2D eigenvalue weighted by molar-refractivity contribution is 0.157. The van der Waals surface area contributed by atoms with E-state index in [1.807, 2.05) is 48.7 Å². The molecule has 0 unspecified atom stereocenters. The Morgan fingerprint density at radius 2 is 2.05 bits per heavy atom. The predicted molar refractivity (Wildman–Crippen MR) is 73.1 cm³/mol. The predicted octanol–water partition coefficient (Wildman–Crippen LogP) is 2.75. The second kappa shape index (κ2) is 6.04. The quantitative estimate of drug-likeness (QED) is 0.918. The number of hydrogen-bond acceptors (Lipinski definition) is 3. The van der Waals surface area contributed by atoms with Crippen molar-refractivity contribution < 1.29 is 9.53 Å². The summed E-state index contributed by atoms with van der Waals surface area (Å²) < 4.78 is 7.08. The Labute approximate surface area is 112 Å². The zero-order valence-corrected chi connectivity index (χ0v) is 11.1. The van der Waals surface area contributed by atoms with E-state index in [4.69, 9.17) is 4.74 Å². The Hall–Kier alpha value is -2.30. The lowest BCUT2D eigenvalue weighted by atomic mass is 10.3. The summed E-state index contributed by atoms with van der Waals surface area (Å²) in [6.45, 7) is 4.87. The van der Waals surface area contributed by atoms with E-state index in [0.29, 0.717) is 13.2 Å². The molecule has 0 saturated heterocycles. The van der Waals surface area contributed by atoms with Gasteiger partial charge in [0.05, 0.1) is 18.6 Å². The third-order valence-electron chi connectivity index (χ3n) is 2.93. The summed E-state index contributed by atoms with van der Waals surface area (Å²) in [5.74, 6) is 0. The smallest absolute Gasteiger partial charge is 0.411 e. The lowest BCUT2D eigenvalue weighted by Gasteiger charge is -2.08. The monoisotopic (exact) mass is 259 g/mol. The Morgan fingerprint density at radius 1 is 1.32 bits per heavy atom. The number of rotatable bonds is 4. The zero-order chi connectivity index (χ0) is 13.7. The number of amides is 1. The molecule has 1 amide bonds. The summed E-state index contributed by atoms with van der Waals surface area (Å²) in [5.41, 5.74) is 2.81. The van der Waals surface area contributed by atoms with Crippen molar-refractivity contribution in [3.05, 3.63) is 48.0 Å². The van der Waals surface area contributed by atoms with E-state index in [1.165, 1.54) is 0 Å². The molecule has 0 aliphatic carbocycles. The molecule has 0 bridgehead atoms. The minimum absolute atomic E-state index is 0.315. The number of aryl methyl sites for hydroxylation is 1. The molecule has 19 heavy (non-hydrogen) atoms. The zero-order valence-electron chi connectivity index (χ0n) is 11.1. The van der Waals surface area contributed by atoms with Gasteiger partial charge in [-0.15, -0.1) is 0 Å². The molecular weight excluding hydrogens is 242 g/mol. The first-order chi connectivity index (χ1) is 9.16. The van der Waals surface area contributed by atoms with E-state index >= 15 is 0 Å². The number of para-hydroxylation sites is 1. The molecule has 5 heteroatoms. The molecule has 0 atom stereocenters. The van der Waals surface area contributed by atoms with Crippen LogP contribution >= 0.6 is 0 Å². The minimum Gasteiger partial charge on any atom is -0.447 e. The Balaban J connectivity index is 1.77. The van der Waals surface area contributed by atoms with E-state index in [2.05, 4.69) is 10.3 Å². The summed E-state index contributed by atoms with van der Waals surface area (Å²) in [6, 6.07) is 9.22.